The van der Waals surface area contributed by atoms with Crippen molar-refractivity contribution in [2.75, 3.05) is 32.8 Å². The van der Waals surface area contributed by atoms with Gasteiger partial charge in [-0.15, -0.1) is 0 Å². The SMILES string of the molecule is CC(CCCCN1CCOCC1)(NC1CC1)C(=O)O. The number of rotatable bonds is 8. The van der Waals surface area contributed by atoms with Gasteiger partial charge in [0, 0.05) is 19.1 Å². The Morgan fingerprint density at radius 3 is 2.63 bits per heavy atom. The molecule has 0 amide bonds. The summed E-state index contributed by atoms with van der Waals surface area (Å²) in [5, 5.41) is 12.6. The van der Waals surface area contributed by atoms with Crippen molar-refractivity contribution in [1.82, 2.24) is 10.2 Å². The van der Waals surface area contributed by atoms with Crippen LogP contribution >= 0.6 is 0 Å². The van der Waals surface area contributed by atoms with Crippen molar-refractivity contribution in [2.45, 2.75) is 50.6 Å². The van der Waals surface area contributed by atoms with Crippen LogP contribution in [0, 0.1) is 0 Å². The molecule has 0 bridgehead atoms. The first-order chi connectivity index (χ1) is 9.10. The third-order valence-electron chi connectivity index (χ3n) is 4.08. The van der Waals surface area contributed by atoms with Crippen LogP contribution < -0.4 is 5.32 Å². The molecule has 5 heteroatoms. The fourth-order valence-corrected chi connectivity index (χ4v) is 2.56. The second-order valence-corrected chi connectivity index (χ2v) is 5.97. The molecular formula is C14H26N2O3. The number of morpholine rings is 1. The van der Waals surface area contributed by atoms with Crippen LogP contribution in [0.4, 0.5) is 0 Å². The van der Waals surface area contributed by atoms with Crippen LogP contribution in [0.3, 0.4) is 0 Å². The molecular weight excluding hydrogens is 244 g/mol. The molecule has 0 aromatic heterocycles. The highest BCUT2D eigenvalue weighted by Crippen LogP contribution is 2.25. The highest BCUT2D eigenvalue weighted by molar-refractivity contribution is 5.78. The Kier molecular flexibility index (Phi) is 5.19. The average molecular weight is 270 g/mol. The molecule has 110 valence electrons. The van der Waals surface area contributed by atoms with Crippen molar-refractivity contribution in [3.63, 3.8) is 0 Å². The van der Waals surface area contributed by atoms with Gasteiger partial charge in [-0.2, -0.15) is 0 Å². The summed E-state index contributed by atoms with van der Waals surface area (Å²) in [4.78, 5) is 13.8. The molecule has 5 nitrogen and oxygen atoms in total. The smallest absolute Gasteiger partial charge is 0.323 e. The van der Waals surface area contributed by atoms with E-state index in [2.05, 4.69) is 10.2 Å². The molecule has 1 saturated carbocycles. The molecule has 1 aliphatic carbocycles. The second kappa shape index (κ2) is 6.68. The van der Waals surface area contributed by atoms with E-state index in [0.29, 0.717) is 12.5 Å². The van der Waals surface area contributed by atoms with Crippen LogP contribution in [-0.4, -0.2) is 60.4 Å². The Hall–Kier alpha value is -0.650. The highest BCUT2D eigenvalue weighted by atomic mass is 16.5. The van der Waals surface area contributed by atoms with Gasteiger partial charge in [-0.25, -0.2) is 0 Å². The largest absolute Gasteiger partial charge is 0.480 e. The number of nitrogens with zero attached hydrogens (tertiary/aromatic N) is 1. The number of nitrogens with one attached hydrogen (secondary N) is 1. The van der Waals surface area contributed by atoms with Gasteiger partial charge in [0.2, 0.25) is 0 Å². The van der Waals surface area contributed by atoms with E-state index < -0.39 is 11.5 Å². The number of carboxylic acid groups (broad SMARTS) is 1. The highest BCUT2D eigenvalue weighted by Gasteiger charge is 2.37. The first-order valence-electron chi connectivity index (χ1n) is 7.41. The summed E-state index contributed by atoms with van der Waals surface area (Å²) in [6.07, 6.45) is 4.98. The summed E-state index contributed by atoms with van der Waals surface area (Å²) in [5.41, 5.74) is -0.744. The van der Waals surface area contributed by atoms with Crippen LogP contribution in [-0.2, 0) is 9.53 Å². The molecule has 2 rings (SSSR count). The molecule has 19 heavy (non-hydrogen) atoms. The average Bonchev–Trinajstić information content (AvgIpc) is 3.19. The molecule has 2 aliphatic rings. The lowest BCUT2D eigenvalue weighted by molar-refractivity contribution is -0.144. The van der Waals surface area contributed by atoms with E-state index in [1.165, 1.54) is 0 Å². The zero-order valence-electron chi connectivity index (χ0n) is 11.9. The minimum atomic E-state index is -0.744. The van der Waals surface area contributed by atoms with Crippen molar-refractivity contribution >= 4 is 5.97 Å². The third-order valence-corrected chi connectivity index (χ3v) is 4.08. The van der Waals surface area contributed by atoms with Gasteiger partial charge in [-0.05, 0) is 45.6 Å². The molecule has 0 aromatic carbocycles. The van der Waals surface area contributed by atoms with Crippen LogP contribution in [0.15, 0.2) is 0 Å². The Morgan fingerprint density at radius 1 is 1.37 bits per heavy atom. The zero-order chi connectivity index (χ0) is 13.7. The summed E-state index contributed by atoms with van der Waals surface area (Å²) >= 11 is 0. The number of ether oxygens (including phenoxy) is 1. The minimum absolute atomic E-state index is 0.431. The van der Waals surface area contributed by atoms with Gasteiger partial charge in [0.1, 0.15) is 5.54 Å². The maximum absolute atomic E-state index is 11.4. The molecule has 0 aromatic rings. The monoisotopic (exact) mass is 270 g/mol. The maximum Gasteiger partial charge on any atom is 0.323 e. The summed E-state index contributed by atoms with van der Waals surface area (Å²) in [5.74, 6) is -0.717. The topological polar surface area (TPSA) is 61.8 Å². The molecule has 2 N–H and O–H groups in total. The lowest BCUT2D eigenvalue weighted by Gasteiger charge is -2.28. The van der Waals surface area contributed by atoms with Gasteiger partial charge in [0.15, 0.2) is 0 Å². The molecule has 1 unspecified atom stereocenters. The van der Waals surface area contributed by atoms with E-state index in [0.717, 1.165) is 58.5 Å². The van der Waals surface area contributed by atoms with E-state index in [-0.39, 0.29) is 0 Å². The molecule has 1 heterocycles. The van der Waals surface area contributed by atoms with Crippen LogP contribution in [0.2, 0.25) is 0 Å². The van der Waals surface area contributed by atoms with Crippen molar-refractivity contribution in [3.8, 4) is 0 Å². The van der Waals surface area contributed by atoms with Crippen LogP contribution in [0.25, 0.3) is 0 Å². The van der Waals surface area contributed by atoms with Crippen molar-refractivity contribution < 1.29 is 14.6 Å². The van der Waals surface area contributed by atoms with Gasteiger partial charge in [0.25, 0.3) is 0 Å². The predicted octanol–water partition coefficient (Wildman–Crippen LogP) is 1.08. The first-order valence-corrected chi connectivity index (χ1v) is 7.41. The second-order valence-electron chi connectivity index (χ2n) is 5.97. The third kappa shape index (κ3) is 4.75. The number of carbonyl (C=O) groups is 1. The van der Waals surface area contributed by atoms with Gasteiger partial charge < -0.3 is 9.84 Å². The Morgan fingerprint density at radius 2 is 2.05 bits per heavy atom. The fraction of sp³-hybridized carbons (Fsp3) is 0.929. The van der Waals surface area contributed by atoms with Gasteiger partial charge in [0.05, 0.1) is 13.2 Å². The fourth-order valence-electron chi connectivity index (χ4n) is 2.56. The summed E-state index contributed by atoms with van der Waals surface area (Å²) in [6, 6.07) is 0.431. The molecule has 2 fully saturated rings. The standard InChI is InChI=1S/C14H26N2O3/c1-14(13(17)18,15-12-4-5-12)6-2-3-7-16-8-10-19-11-9-16/h12,15H,2-11H2,1H3,(H,17,18). The van der Waals surface area contributed by atoms with Gasteiger partial charge in [-0.1, -0.05) is 0 Å². The summed E-state index contributed by atoms with van der Waals surface area (Å²) < 4.78 is 5.31. The van der Waals surface area contributed by atoms with E-state index in [4.69, 9.17) is 4.74 Å². The Bertz CT molecular complexity index is 301. The molecule has 0 spiro atoms. The van der Waals surface area contributed by atoms with E-state index in [1.807, 2.05) is 6.92 Å². The van der Waals surface area contributed by atoms with E-state index in [9.17, 15) is 9.90 Å². The Balaban J connectivity index is 1.65. The van der Waals surface area contributed by atoms with Crippen molar-refractivity contribution in [1.29, 1.82) is 0 Å². The molecule has 1 atom stereocenters. The van der Waals surface area contributed by atoms with E-state index >= 15 is 0 Å². The maximum atomic E-state index is 11.4. The minimum Gasteiger partial charge on any atom is -0.480 e. The number of aliphatic carboxylic acids is 1. The quantitative estimate of drug-likeness (QED) is 0.646. The number of carboxylic acids is 1. The zero-order valence-corrected chi connectivity index (χ0v) is 11.9. The van der Waals surface area contributed by atoms with Gasteiger partial charge >= 0.3 is 5.97 Å². The first kappa shape index (κ1) is 14.8. The summed E-state index contributed by atoms with van der Waals surface area (Å²) in [6.45, 7) is 6.56. The molecule has 0 radical (unpaired) electrons. The van der Waals surface area contributed by atoms with Gasteiger partial charge in [-0.3, -0.25) is 15.0 Å². The Labute approximate surface area is 115 Å². The predicted molar refractivity (Wildman–Crippen MR) is 73.3 cm³/mol. The van der Waals surface area contributed by atoms with E-state index in [1.54, 1.807) is 0 Å². The lowest BCUT2D eigenvalue weighted by atomic mass is 9.94. The molecule has 1 aliphatic heterocycles. The van der Waals surface area contributed by atoms with Crippen molar-refractivity contribution in [3.05, 3.63) is 0 Å². The number of unbranched alkanes of at least 4 members (excludes halogenated alkanes) is 1. The summed E-state index contributed by atoms with van der Waals surface area (Å²) in [7, 11) is 0. The van der Waals surface area contributed by atoms with Crippen LogP contribution in [0.1, 0.15) is 39.0 Å². The van der Waals surface area contributed by atoms with Crippen LogP contribution in [0.5, 0.6) is 0 Å². The number of hydrogen-bond donors (Lipinski definition) is 2. The van der Waals surface area contributed by atoms with Crippen molar-refractivity contribution in [2.24, 2.45) is 0 Å². The molecule has 1 saturated heterocycles. The lowest BCUT2D eigenvalue weighted by Crippen LogP contribution is -2.50. The number of hydrogen-bond acceptors (Lipinski definition) is 4. The normalized spacial score (nSPS) is 24.1.